The number of allylic oxidation sites excluding steroid dienone is 1. The number of fused-ring (bicyclic) bond motifs is 2. The number of primary amides is 1. The predicted molar refractivity (Wildman–Crippen MR) is 256 cm³/mol. The number of benzene rings is 3. The highest BCUT2D eigenvalue weighted by Gasteiger charge is 2.45. The number of carbonyl (C=O) groups excluding carboxylic acids is 6. The molecular weight excluding hydrogens is 875 g/mol. The van der Waals surface area contributed by atoms with Gasteiger partial charge in [-0.1, -0.05) is 31.7 Å². The number of hydrogen-bond donors (Lipinski definition) is 4. The number of anilines is 2. The normalized spacial score (nSPS) is 16.1. The van der Waals surface area contributed by atoms with E-state index < -0.39 is 35.6 Å². The Labute approximate surface area is 396 Å². The summed E-state index contributed by atoms with van der Waals surface area (Å²) in [5, 5.41) is 8.75. The van der Waals surface area contributed by atoms with Gasteiger partial charge in [-0.2, -0.15) is 4.99 Å². The van der Waals surface area contributed by atoms with Gasteiger partial charge in [0.15, 0.2) is 0 Å². The quantitative estimate of drug-likeness (QED) is 0.0453. The van der Waals surface area contributed by atoms with Crippen LogP contribution in [0.5, 0.6) is 0 Å². The first-order chi connectivity index (χ1) is 33.0. The van der Waals surface area contributed by atoms with E-state index in [9.17, 15) is 28.8 Å². The van der Waals surface area contributed by atoms with Gasteiger partial charge in [0.1, 0.15) is 11.9 Å². The van der Waals surface area contributed by atoms with E-state index >= 15 is 0 Å². The van der Waals surface area contributed by atoms with Crippen LogP contribution in [0.4, 0.5) is 11.4 Å². The molecule has 3 heterocycles. The minimum Gasteiger partial charge on any atom is -0.384 e. The molecule has 6 rings (SSSR count). The van der Waals surface area contributed by atoms with Crippen LogP contribution in [0.25, 0.3) is 6.08 Å². The Morgan fingerprint density at radius 2 is 1.47 bits per heavy atom. The Hall–Kier alpha value is -6.57. The molecule has 1 saturated heterocycles. The van der Waals surface area contributed by atoms with Gasteiger partial charge in [0.2, 0.25) is 17.7 Å². The summed E-state index contributed by atoms with van der Waals surface area (Å²) in [6.07, 6.45) is 6.73. The molecule has 3 aromatic rings. The SMILES string of the molecule is C=C1CCC(N2C(=O)c3cccc(NCCCOCCOCCOCCOCCOCCCNC(=O)/C=C/c4ccc5c(c4)CC(=NC(=O)c4cccc(C(N)=O)c4)N5CCC)c3C2=O)C(=O)N1. The van der Waals surface area contributed by atoms with Crippen molar-refractivity contribution in [1.82, 2.24) is 15.5 Å². The minimum absolute atomic E-state index is 0.213. The Bertz CT molecular complexity index is 2370. The van der Waals surface area contributed by atoms with Crippen molar-refractivity contribution in [2.45, 2.75) is 51.5 Å². The maximum absolute atomic E-state index is 13.3. The van der Waals surface area contributed by atoms with Crippen LogP contribution in [0, 0.1) is 0 Å². The number of hydrogen-bond acceptors (Lipinski definition) is 12. The molecule has 5 N–H and O–H groups in total. The van der Waals surface area contributed by atoms with E-state index in [1.54, 1.807) is 42.5 Å². The monoisotopic (exact) mass is 935 g/mol. The van der Waals surface area contributed by atoms with Crippen LogP contribution in [0.2, 0.25) is 0 Å². The number of ether oxygens (including phenoxy) is 5. The molecule has 0 aromatic heterocycles. The maximum Gasteiger partial charge on any atom is 0.278 e. The van der Waals surface area contributed by atoms with E-state index in [1.165, 1.54) is 12.1 Å². The van der Waals surface area contributed by atoms with Gasteiger partial charge >= 0.3 is 0 Å². The fraction of sp³-hybridized carbons (Fsp3) is 0.420. The van der Waals surface area contributed by atoms with Gasteiger partial charge in [0.25, 0.3) is 17.7 Å². The van der Waals surface area contributed by atoms with Crippen LogP contribution in [-0.4, -0.2) is 138 Å². The fourth-order valence-electron chi connectivity index (χ4n) is 7.82. The second kappa shape index (κ2) is 26.1. The summed E-state index contributed by atoms with van der Waals surface area (Å²) >= 11 is 0. The van der Waals surface area contributed by atoms with Crippen molar-refractivity contribution in [2.24, 2.45) is 10.7 Å². The molecule has 0 spiro atoms. The Morgan fingerprint density at radius 3 is 2.13 bits per heavy atom. The molecule has 3 aliphatic heterocycles. The third kappa shape index (κ3) is 14.2. The first kappa shape index (κ1) is 50.8. The van der Waals surface area contributed by atoms with Crippen LogP contribution in [0.1, 0.15) is 91.6 Å². The number of imide groups is 1. The molecule has 68 heavy (non-hydrogen) atoms. The zero-order valence-electron chi connectivity index (χ0n) is 38.6. The second-order valence-corrected chi connectivity index (χ2v) is 16.2. The standard InChI is InChI=1S/C50H61N7O11/c1-3-20-56-41-16-13-35(31-38(41)33-43(56)55-47(60)37-9-4-8-36(32-37)46(51)59)14-17-44(58)53-19-7-22-65-24-26-67-28-30-68-29-27-66-25-23-64-21-6-18-52-40-11-5-10-39-45(40)50(63)57(49(39)62)42-15-12-34(2)54-48(42)61/h4-5,8-11,13-14,16-17,31-32,42,52H,2-3,6-7,12,15,18-30,33H2,1H3,(H2,51,59)(H,53,58)(H,54,61)/b17-14+,55-43?. The molecule has 0 radical (unpaired) electrons. The number of amidine groups is 1. The average Bonchev–Trinajstić information content (AvgIpc) is 3.80. The highest BCUT2D eigenvalue weighted by Crippen LogP contribution is 2.33. The van der Waals surface area contributed by atoms with Crippen molar-refractivity contribution in [3.8, 4) is 0 Å². The lowest BCUT2D eigenvalue weighted by Crippen LogP contribution is -2.51. The molecule has 1 unspecified atom stereocenters. The lowest BCUT2D eigenvalue weighted by Gasteiger charge is -2.29. The summed E-state index contributed by atoms with van der Waals surface area (Å²) in [5.41, 5.74) is 10.4. The van der Waals surface area contributed by atoms with Gasteiger partial charge in [0.05, 0.1) is 64.0 Å². The summed E-state index contributed by atoms with van der Waals surface area (Å²) in [4.78, 5) is 83.4. The largest absolute Gasteiger partial charge is 0.384 e. The van der Waals surface area contributed by atoms with E-state index in [0.29, 0.717) is 141 Å². The van der Waals surface area contributed by atoms with E-state index in [0.717, 1.165) is 28.1 Å². The zero-order valence-corrected chi connectivity index (χ0v) is 38.6. The van der Waals surface area contributed by atoms with Gasteiger partial charge < -0.3 is 50.3 Å². The van der Waals surface area contributed by atoms with Crippen molar-refractivity contribution < 1.29 is 52.5 Å². The van der Waals surface area contributed by atoms with Gasteiger partial charge in [-0.15, -0.1) is 0 Å². The number of aliphatic imine (C=N–C) groups is 1. The molecule has 1 atom stereocenters. The van der Waals surface area contributed by atoms with Gasteiger partial charge in [-0.3, -0.25) is 33.7 Å². The fourth-order valence-corrected chi connectivity index (χ4v) is 7.82. The second-order valence-electron chi connectivity index (χ2n) is 16.2. The van der Waals surface area contributed by atoms with Gasteiger partial charge in [-0.25, -0.2) is 0 Å². The van der Waals surface area contributed by atoms with Crippen LogP contribution >= 0.6 is 0 Å². The summed E-state index contributed by atoms with van der Waals surface area (Å²) in [5.74, 6) is -1.97. The molecule has 362 valence electrons. The Morgan fingerprint density at radius 1 is 0.824 bits per heavy atom. The molecule has 0 aliphatic carbocycles. The van der Waals surface area contributed by atoms with E-state index in [4.69, 9.17) is 29.4 Å². The number of carbonyl (C=O) groups is 6. The van der Waals surface area contributed by atoms with E-state index in [-0.39, 0.29) is 22.6 Å². The molecular formula is C50H61N7O11. The Balaban J connectivity index is 0.730. The van der Waals surface area contributed by atoms with Crippen molar-refractivity contribution in [3.63, 3.8) is 0 Å². The van der Waals surface area contributed by atoms with Gasteiger partial charge in [-0.05, 0) is 91.8 Å². The smallest absolute Gasteiger partial charge is 0.278 e. The van der Waals surface area contributed by atoms with Crippen LogP contribution in [0.3, 0.4) is 0 Å². The summed E-state index contributed by atoms with van der Waals surface area (Å²) in [7, 11) is 0. The highest BCUT2D eigenvalue weighted by molar-refractivity contribution is 6.25. The van der Waals surface area contributed by atoms with Crippen LogP contribution in [-0.2, 0) is 39.7 Å². The molecule has 0 bridgehead atoms. The molecule has 18 heteroatoms. The lowest BCUT2D eigenvalue weighted by atomic mass is 10.0. The number of rotatable bonds is 28. The van der Waals surface area contributed by atoms with Crippen molar-refractivity contribution >= 4 is 58.7 Å². The zero-order chi connectivity index (χ0) is 48.3. The number of nitrogens with one attached hydrogen (secondary N) is 3. The third-order valence-electron chi connectivity index (χ3n) is 11.2. The number of piperidine rings is 1. The molecule has 3 aromatic carbocycles. The topological polar surface area (TPSA) is 230 Å². The van der Waals surface area contributed by atoms with Crippen molar-refractivity contribution in [3.05, 3.63) is 112 Å². The number of amides is 6. The Kier molecular flexibility index (Phi) is 19.5. The van der Waals surface area contributed by atoms with Gasteiger partial charge in [0, 0.05) is 73.5 Å². The minimum atomic E-state index is -0.855. The summed E-state index contributed by atoms with van der Waals surface area (Å²) in [6.45, 7) is 11.8. The van der Waals surface area contributed by atoms with E-state index in [2.05, 4.69) is 34.4 Å². The lowest BCUT2D eigenvalue weighted by molar-refractivity contribution is -0.125. The first-order valence-electron chi connectivity index (χ1n) is 23.1. The summed E-state index contributed by atoms with van der Waals surface area (Å²) < 4.78 is 27.9. The molecule has 0 saturated carbocycles. The summed E-state index contributed by atoms with van der Waals surface area (Å²) in [6, 6.07) is 16.3. The average molecular weight is 936 g/mol. The van der Waals surface area contributed by atoms with Crippen molar-refractivity contribution in [1.29, 1.82) is 0 Å². The van der Waals surface area contributed by atoms with Crippen molar-refractivity contribution in [2.75, 3.05) is 95.9 Å². The van der Waals surface area contributed by atoms with Crippen LogP contribution in [0.15, 0.2) is 84.0 Å². The molecule has 1 fully saturated rings. The molecule has 18 nitrogen and oxygen atoms in total. The molecule has 6 amide bonds. The number of nitrogens with two attached hydrogens (primary N) is 1. The first-order valence-corrected chi connectivity index (χ1v) is 23.1. The van der Waals surface area contributed by atoms with Crippen LogP contribution < -0.4 is 26.6 Å². The number of nitrogens with zero attached hydrogens (tertiary/aromatic N) is 3. The highest BCUT2D eigenvalue weighted by atomic mass is 16.6. The molecule has 3 aliphatic rings. The maximum atomic E-state index is 13.3. The third-order valence-corrected chi connectivity index (χ3v) is 11.2. The predicted octanol–water partition coefficient (Wildman–Crippen LogP) is 4.29. The van der Waals surface area contributed by atoms with E-state index in [1.807, 2.05) is 23.1 Å².